The predicted octanol–water partition coefficient (Wildman–Crippen LogP) is 4.10. The summed E-state index contributed by atoms with van der Waals surface area (Å²) in [6.45, 7) is 3.57. The van der Waals surface area contributed by atoms with Crippen molar-refractivity contribution in [2.45, 2.75) is 38.1 Å². The van der Waals surface area contributed by atoms with E-state index in [1.54, 1.807) is 6.07 Å². The van der Waals surface area contributed by atoms with Crippen molar-refractivity contribution in [3.63, 3.8) is 0 Å². The van der Waals surface area contributed by atoms with Crippen LogP contribution in [0, 0.1) is 21.8 Å². The minimum absolute atomic E-state index is 0. The number of hydrogen-bond acceptors (Lipinski definition) is 4. The van der Waals surface area contributed by atoms with E-state index in [1.165, 1.54) is 25.3 Å². The first-order valence-electron chi connectivity index (χ1n) is 8.55. The van der Waals surface area contributed by atoms with Gasteiger partial charge in [0.05, 0.1) is 11.0 Å². The predicted molar refractivity (Wildman–Crippen MR) is 101 cm³/mol. The summed E-state index contributed by atoms with van der Waals surface area (Å²) in [5.41, 5.74) is 0.615. The largest absolute Gasteiger partial charge is 0.314 e. The molecule has 0 amide bonds. The van der Waals surface area contributed by atoms with Crippen LogP contribution in [0.15, 0.2) is 18.2 Å². The molecule has 1 aromatic rings. The van der Waals surface area contributed by atoms with Gasteiger partial charge in [-0.3, -0.25) is 15.0 Å². The zero-order valence-corrected chi connectivity index (χ0v) is 15.8. The van der Waals surface area contributed by atoms with Crippen molar-refractivity contribution in [2.24, 2.45) is 5.92 Å². The molecule has 1 saturated carbocycles. The maximum Gasteiger partial charge on any atom is 0.277 e. The Balaban J connectivity index is 0.00000156. The Hall–Kier alpha value is -0.950. The lowest BCUT2D eigenvalue weighted by Gasteiger charge is -2.40. The molecule has 1 aliphatic carbocycles. The van der Waals surface area contributed by atoms with E-state index in [0.29, 0.717) is 11.5 Å². The fourth-order valence-corrected chi connectivity index (χ4v) is 4.08. The van der Waals surface area contributed by atoms with E-state index in [-0.39, 0.29) is 36.5 Å². The van der Waals surface area contributed by atoms with Crippen molar-refractivity contribution in [3.05, 3.63) is 39.7 Å². The van der Waals surface area contributed by atoms with Gasteiger partial charge in [-0.1, -0.05) is 19.3 Å². The van der Waals surface area contributed by atoms with Crippen LogP contribution in [0.5, 0.6) is 0 Å². The number of hydrogen-bond donors (Lipinski definition) is 1. The zero-order chi connectivity index (χ0) is 16.2. The molecule has 2 fully saturated rings. The minimum Gasteiger partial charge on any atom is -0.314 e. The molecule has 1 aliphatic heterocycles. The lowest BCUT2D eigenvalue weighted by molar-refractivity contribution is -0.386. The minimum atomic E-state index is -0.539. The zero-order valence-electron chi connectivity index (χ0n) is 14.2. The molecule has 2 aliphatic rings. The normalized spacial score (nSPS) is 20.2. The van der Waals surface area contributed by atoms with Crippen molar-refractivity contribution in [3.8, 4) is 0 Å². The fourth-order valence-electron chi connectivity index (χ4n) is 4.08. The third kappa shape index (κ3) is 5.26. The van der Waals surface area contributed by atoms with Gasteiger partial charge in [0.2, 0.25) is 0 Å². The van der Waals surface area contributed by atoms with E-state index < -0.39 is 10.7 Å². The highest BCUT2D eigenvalue weighted by Crippen LogP contribution is 2.41. The van der Waals surface area contributed by atoms with Crippen molar-refractivity contribution >= 4 is 30.5 Å². The molecule has 1 N–H and O–H groups in total. The summed E-state index contributed by atoms with van der Waals surface area (Å²) < 4.78 is 13.5. The molecule has 1 saturated heterocycles. The molecule has 142 valence electrons. The Morgan fingerprint density at radius 3 is 2.40 bits per heavy atom. The van der Waals surface area contributed by atoms with Gasteiger partial charge in [0.25, 0.3) is 5.69 Å². The molecule has 1 aromatic carbocycles. The average Bonchev–Trinajstić information content (AvgIpc) is 2.58. The first kappa shape index (κ1) is 22.1. The molecule has 0 radical (unpaired) electrons. The van der Waals surface area contributed by atoms with Crippen molar-refractivity contribution in [1.29, 1.82) is 0 Å². The summed E-state index contributed by atoms with van der Waals surface area (Å²) in [4.78, 5) is 13.4. The standard InChI is InChI=1S/C17H24FN3O2.2ClH/c18-14-6-7-15(16(12-14)21(22)23)17(13-4-2-1-3-5-13)20-10-8-19-9-11-20;;/h6-7,12-13,17,19H,1-5,8-11H2;2*1H/t17-;;/m0../s1. The fraction of sp³-hybridized carbons (Fsp3) is 0.647. The summed E-state index contributed by atoms with van der Waals surface area (Å²) in [6.07, 6.45) is 5.81. The number of piperazine rings is 1. The lowest BCUT2D eigenvalue weighted by atomic mass is 9.79. The van der Waals surface area contributed by atoms with Gasteiger partial charge in [0, 0.05) is 37.8 Å². The summed E-state index contributed by atoms with van der Waals surface area (Å²) in [7, 11) is 0. The number of halogens is 3. The van der Waals surface area contributed by atoms with Crippen LogP contribution < -0.4 is 5.32 Å². The second kappa shape index (κ2) is 10.3. The third-order valence-electron chi connectivity index (χ3n) is 5.15. The Labute approximate surface area is 160 Å². The van der Waals surface area contributed by atoms with Gasteiger partial charge in [-0.25, -0.2) is 4.39 Å². The van der Waals surface area contributed by atoms with Crippen LogP contribution in [0.3, 0.4) is 0 Å². The van der Waals surface area contributed by atoms with Gasteiger partial charge >= 0.3 is 0 Å². The van der Waals surface area contributed by atoms with E-state index in [9.17, 15) is 14.5 Å². The highest BCUT2D eigenvalue weighted by Gasteiger charge is 2.35. The third-order valence-corrected chi connectivity index (χ3v) is 5.15. The molecule has 1 heterocycles. The SMILES string of the molecule is Cl.Cl.O=[N+]([O-])c1cc(F)ccc1[C@H](C1CCCCC1)N1CCNCC1. The van der Waals surface area contributed by atoms with Gasteiger partial charge in [0.1, 0.15) is 5.82 Å². The maximum absolute atomic E-state index is 13.5. The molecule has 5 nitrogen and oxygen atoms in total. The first-order chi connectivity index (χ1) is 11.2. The molecule has 0 bridgehead atoms. The molecule has 0 unspecified atom stereocenters. The first-order valence-corrected chi connectivity index (χ1v) is 8.55. The van der Waals surface area contributed by atoms with Gasteiger partial charge in [-0.05, 0) is 30.9 Å². The van der Waals surface area contributed by atoms with Crippen LogP contribution in [0.25, 0.3) is 0 Å². The molecule has 3 rings (SSSR count). The monoisotopic (exact) mass is 393 g/mol. The van der Waals surface area contributed by atoms with Crippen LogP contribution in [0.4, 0.5) is 10.1 Å². The number of nitro groups is 1. The molecular formula is C17H26Cl2FN3O2. The van der Waals surface area contributed by atoms with Crippen LogP contribution in [-0.2, 0) is 0 Å². The van der Waals surface area contributed by atoms with Gasteiger partial charge < -0.3 is 5.32 Å². The van der Waals surface area contributed by atoms with Crippen molar-refractivity contribution in [1.82, 2.24) is 10.2 Å². The Bertz CT molecular complexity index is 547. The van der Waals surface area contributed by atoms with Gasteiger partial charge in [0.15, 0.2) is 0 Å². The second-order valence-electron chi connectivity index (χ2n) is 6.59. The Morgan fingerprint density at radius 2 is 1.80 bits per heavy atom. The summed E-state index contributed by atoms with van der Waals surface area (Å²) in [5, 5.41) is 14.8. The summed E-state index contributed by atoms with van der Waals surface area (Å²) >= 11 is 0. The number of benzene rings is 1. The number of nitrogens with one attached hydrogen (secondary N) is 1. The molecule has 25 heavy (non-hydrogen) atoms. The van der Waals surface area contributed by atoms with Crippen molar-refractivity contribution < 1.29 is 9.31 Å². The van der Waals surface area contributed by atoms with Gasteiger partial charge in [-0.15, -0.1) is 24.8 Å². The Kier molecular flexibility index (Phi) is 9.07. The van der Waals surface area contributed by atoms with Crippen LogP contribution >= 0.6 is 24.8 Å². The van der Waals surface area contributed by atoms with Crippen molar-refractivity contribution in [2.75, 3.05) is 26.2 Å². The van der Waals surface area contributed by atoms with E-state index in [2.05, 4.69) is 10.2 Å². The smallest absolute Gasteiger partial charge is 0.277 e. The summed E-state index contributed by atoms with van der Waals surface area (Å²) in [5.74, 6) is -0.117. The quantitative estimate of drug-likeness (QED) is 0.617. The average molecular weight is 394 g/mol. The van der Waals surface area contributed by atoms with E-state index >= 15 is 0 Å². The van der Waals surface area contributed by atoms with E-state index in [4.69, 9.17) is 0 Å². The molecule has 1 atom stereocenters. The Morgan fingerprint density at radius 1 is 1.16 bits per heavy atom. The molecular weight excluding hydrogens is 368 g/mol. The van der Waals surface area contributed by atoms with E-state index in [1.807, 2.05) is 0 Å². The lowest BCUT2D eigenvalue weighted by Crippen LogP contribution is -2.47. The van der Waals surface area contributed by atoms with Crippen LogP contribution in [0.1, 0.15) is 43.7 Å². The maximum atomic E-state index is 13.5. The number of rotatable bonds is 4. The molecule has 8 heteroatoms. The highest BCUT2D eigenvalue weighted by atomic mass is 35.5. The molecule has 0 spiro atoms. The van der Waals surface area contributed by atoms with Crippen LogP contribution in [0.2, 0.25) is 0 Å². The van der Waals surface area contributed by atoms with Crippen LogP contribution in [-0.4, -0.2) is 36.0 Å². The topological polar surface area (TPSA) is 58.4 Å². The number of nitrogens with zero attached hydrogens (tertiary/aromatic N) is 2. The highest BCUT2D eigenvalue weighted by molar-refractivity contribution is 5.85. The van der Waals surface area contributed by atoms with E-state index in [0.717, 1.165) is 45.1 Å². The number of nitro benzene ring substituents is 1. The second-order valence-corrected chi connectivity index (χ2v) is 6.59. The molecule has 0 aromatic heterocycles. The van der Waals surface area contributed by atoms with Gasteiger partial charge in [-0.2, -0.15) is 0 Å². The summed E-state index contributed by atoms with van der Waals surface area (Å²) in [6, 6.07) is 4.10.